The highest BCUT2D eigenvalue weighted by Gasteiger charge is 1.94. The van der Waals surface area contributed by atoms with Gasteiger partial charge in [-0.05, 0) is 21.6 Å². The van der Waals surface area contributed by atoms with Crippen LogP contribution in [0.1, 0.15) is 18.9 Å². The summed E-state index contributed by atoms with van der Waals surface area (Å²) < 4.78 is 2.15. The first-order valence-corrected chi connectivity index (χ1v) is 4.97. The van der Waals surface area contributed by atoms with Crippen molar-refractivity contribution in [1.82, 2.24) is 0 Å². The molecule has 0 spiro atoms. The summed E-state index contributed by atoms with van der Waals surface area (Å²) in [7, 11) is 0. The number of halogens is 1. The molecule has 1 aromatic carbocycles. The van der Waals surface area contributed by atoms with E-state index >= 15 is 0 Å². The van der Waals surface area contributed by atoms with Crippen LogP contribution in [0.25, 0.3) is 5.57 Å². The second-order valence-electron chi connectivity index (χ2n) is 2.35. The average molecular weight is 258 g/mol. The molecule has 0 aliphatic heterocycles. The predicted molar refractivity (Wildman–Crippen MR) is 58.7 cm³/mol. The fraction of sp³-hybridized carbons (Fsp3) is 0.200. The molecule has 0 aliphatic rings. The van der Waals surface area contributed by atoms with Crippen LogP contribution in [0.5, 0.6) is 0 Å². The van der Waals surface area contributed by atoms with Crippen molar-refractivity contribution in [3.05, 3.63) is 40.0 Å². The highest BCUT2D eigenvalue weighted by molar-refractivity contribution is 14.1. The van der Waals surface area contributed by atoms with E-state index in [1.165, 1.54) is 11.1 Å². The number of allylic oxidation sites excluding steroid dienone is 1. The van der Waals surface area contributed by atoms with Gasteiger partial charge in [0.25, 0.3) is 0 Å². The molecule has 1 rings (SSSR count). The third-order valence-corrected chi connectivity index (χ3v) is 2.41. The first kappa shape index (κ1) is 8.78. The molecule has 0 saturated heterocycles. The van der Waals surface area contributed by atoms with E-state index in [9.17, 15) is 0 Å². The molecule has 0 amide bonds. The smallest absolute Gasteiger partial charge is 0.0196 e. The summed E-state index contributed by atoms with van der Waals surface area (Å²) in [4.78, 5) is 0. The molecule has 0 atom stereocenters. The molecule has 0 nitrogen and oxygen atoms in total. The van der Waals surface area contributed by atoms with E-state index < -0.39 is 0 Å². The molecule has 58 valence electrons. The molecule has 0 heterocycles. The molecule has 0 aromatic heterocycles. The van der Waals surface area contributed by atoms with E-state index in [2.05, 4.69) is 57.9 Å². The van der Waals surface area contributed by atoms with Gasteiger partial charge in [0.1, 0.15) is 0 Å². The minimum atomic E-state index is 1.10. The average Bonchev–Trinajstić information content (AvgIpc) is 2.09. The fourth-order valence-electron chi connectivity index (χ4n) is 0.996. The van der Waals surface area contributed by atoms with E-state index in [1.807, 2.05) is 6.07 Å². The monoisotopic (exact) mass is 258 g/mol. The number of hydrogen-bond donors (Lipinski definition) is 0. The molecule has 0 radical (unpaired) electrons. The second kappa shape index (κ2) is 4.54. The molecule has 11 heavy (non-hydrogen) atoms. The van der Waals surface area contributed by atoms with Crippen LogP contribution >= 0.6 is 22.6 Å². The third-order valence-electron chi connectivity index (χ3n) is 1.66. The van der Waals surface area contributed by atoms with Gasteiger partial charge < -0.3 is 0 Å². The Morgan fingerprint density at radius 2 is 2.00 bits per heavy atom. The van der Waals surface area contributed by atoms with Gasteiger partial charge in [-0.3, -0.25) is 0 Å². The van der Waals surface area contributed by atoms with Crippen molar-refractivity contribution in [2.75, 3.05) is 0 Å². The minimum absolute atomic E-state index is 1.10. The molecule has 0 bridgehead atoms. The molecule has 0 N–H and O–H groups in total. The molecule has 0 saturated carbocycles. The van der Waals surface area contributed by atoms with Crippen molar-refractivity contribution in [2.24, 2.45) is 0 Å². The maximum absolute atomic E-state index is 2.29. The summed E-state index contributed by atoms with van der Waals surface area (Å²) in [6.07, 6.45) is 1.10. The molecule has 0 aliphatic carbocycles. The lowest BCUT2D eigenvalue weighted by molar-refractivity contribution is 1.24. The number of rotatable bonds is 2. The Hall–Kier alpha value is -0.310. The van der Waals surface area contributed by atoms with Crippen LogP contribution in [-0.4, -0.2) is 0 Å². The van der Waals surface area contributed by atoms with Gasteiger partial charge in [0.05, 0.1) is 0 Å². The summed E-state index contributed by atoms with van der Waals surface area (Å²) in [6, 6.07) is 10.5. The van der Waals surface area contributed by atoms with Crippen LogP contribution < -0.4 is 0 Å². The van der Waals surface area contributed by atoms with Crippen LogP contribution in [0, 0.1) is 0 Å². The first-order chi connectivity index (χ1) is 5.38. The summed E-state index contributed by atoms with van der Waals surface area (Å²) in [5, 5.41) is 0. The Morgan fingerprint density at radius 1 is 1.36 bits per heavy atom. The summed E-state index contributed by atoms with van der Waals surface area (Å²) in [6.45, 7) is 2.18. The Labute approximate surface area is 81.5 Å². The summed E-state index contributed by atoms with van der Waals surface area (Å²) in [5.41, 5.74) is 2.75. The van der Waals surface area contributed by atoms with Gasteiger partial charge in [-0.15, -0.1) is 0 Å². The van der Waals surface area contributed by atoms with Gasteiger partial charge in [0.15, 0.2) is 0 Å². The van der Waals surface area contributed by atoms with Gasteiger partial charge in [0, 0.05) is 0 Å². The van der Waals surface area contributed by atoms with Gasteiger partial charge >= 0.3 is 0 Å². The lowest BCUT2D eigenvalue weighted by Crippen LogP contribution is -1.78. The van der Waals surface area contributed by atoms with Crippen LogP contribution in [0.4, 0.5) is 0 Å². The van der Waals surface area contributed by atoms with E-state index in [0.29, 0.717) is 0 Å². The largest absolute Gasteiger partial charge is 0.0622 e. The SMILES string of the molecule is CC/C(=C\I)c1ccccc1. The van der Waals surface area contributed by atoms with Crippen molar-refractivity contribution in [3.8, 4) is 0 Å². The standard InChI is InChI=1S/C10H11I/c1-2-9(8-11)10-6-4-3-5-7-10/h3-8H,2H2,1H3/b9-8+. The summed E-state index contributed by atoms with van der Waals surface area (Å²) >= 11 is 2.29. The molecule has 1 aromatic rings. The molecular formula is C10H11I. The van der Waals surface area contributed by atoms with Gasteiger partial charge in [0.2, 0.25) is 0 Å². The second-order valence-corrected chi connectivity index (χ2v) is 2.98. The number of hydrogen-bond acceptors (Lipinski definition) is 0. The van der Waals surface area contributed by atoms with Crippen LogP contribution in [0.15, 0.2) is 34.4 Å². The van der Waals surface area contributed by atoms with Gasteiger partial charge in [-0.1, -0.05) is 59.8 Å². The molecule has 1 heteroatoms. The Bertz CT molecular complexity index is 236. The van der Waals surface area contributed by atoms with E-state index in [0.717, 1.165) is 6.42 Å². The van der Waals surface area contributed by atoms with Crippen LogP contribution in [-0.2, 0) is 0 Å². The molecule has 0 fully saturated rings. The highest BCUT2D eigenvalue weighted by Crippen LogP contribution is 2.18. The van der Waals surface area contributed by atoms with E-state index in [4.69, 9.17) is 0 Å². The third kappa shape index (κ3) is 2.33. The van der Waals surface area contributed by atoms with Crippen molar-refractivity contribution >= 4 is 28.2 Å². The Kier molecular flexibility index (Phi) is 3.63. The topological polar surface area (TPSA) is 0 Å². The van der Waals surface area contributed by atoms with Gasteiger partial charge in [-0.25, -0.2) is 0 Å². The zero-order valence-electron chi connectivity index (χ0n) is 6.55. The zero-order valence-corrected chi connectivity index (χ0v) is 8.71. The molecule has 0 unspecified atom stereocenters. The summed E-state index contributed by atoms with van der Waals surface area (Å²) in [5.74, 6) is 0. The van der Waals surface area contributed by atoms with Crippen LogP contribution in [0.3, 0.4) is 0 Å². The van der Waals surface area contributed by atoms with Crippen molar-refractivity contribution in [1.29, 1.82) is 0 Å². The lowest BCUT2D eigenvalue weighted by Gasteiger charge is -2.01. The van der Waals surface area contributed by atoms with Crippen molar-refractivity contribution in [3.63, 3.8) is 0 Å². The van der Waals surface area contributed by atoms with E-state index in [-0.39, 0.29) is 0 Å². The fourth-order valence-corrected chi connectivity index (χ4v) is 1.80. The Morgan fingerprint density at radius 3 is 2.45 bits per heavy atom. The normalized spacial score (nSPS) is 11.6. The lowest BCUT2D eigenvalue weighted by atomic mass is 10.1. The quantitative estimate of drug-likeness (QED) is 0.706. The molecular weight excluding hydrogens is 247 g/mol. The minimum Gasteiger partial charge on any atom is -0.0622 e. The van der Waals surface area contributed by atoms with Gasteiger partial charge in [-0.2, -0.15) is 0 Å². The predicted octanol–water partition coefficient (Wildman–Crippen LogP) is 3.87. The van der Waals surface area contributed by atoms with E-state index in [1.54, 1.807) is 0 Å². The first-order valence-electron chi connectivity index (χ1n) is 3.73. The Balaban J connectivity index is 2.92. The zero-order chi connectivity index (χ0) is 8.10. The van der Waals surface area contributed by atoms with Crippen molar-refractivity contribution < 1.29 is 0 Å². The maximum atomic E-state index is 2.29. The highest BCUT2D eigenvalue weighted by atomic mass is 127. The maximum Gasteiger partial charge on any atom is -0.0196 e. The van der Waals surface area contributed by atoms with Crippen LogP contribution in [0.2, 0.25) is 0 Å². The van der Waals surface area contributed by atoms with Crippen molar-refractivity contribution in [2.45, 2.75) is 13.3 Å². The number of benzene rings is 1.